The van der Waals surface area contributed by atoms with E-state index in [1.807, 2.05) is 19.1 Å². The number of aliphatic carboxylic acids is 1. The zero-order chi connectivity index (χ0) is 12.1. The van der Waals surface area contributed by atoms with Crippen molar-refractivity contribution in [2.75, 3.05) is 7.11 Å². The van der Waals surface area contributed by atoms with E-state index in [1.54, 1.807) is 7.11 Å². The van der Waals surface area contributed by atoms with Crippen LogP contribution in [0.15, 0.2) is 12.1 Å². The Morgan fingerprint density at radius 1 is 1.50 bits per heavy atom. The standard InChI is InChI=1S/C12H15ClO3/c1-8-6-11(16-2)10(13)7-9(8)4-3-5-12(14)15/h6-7H,3-5H2,1-2H3,(H,14,15). The van der Waals surface area contributed by atoms with E-state index in [4.69, 9.17) is 21.4 Å². The van der Waals surface area contributed by atoms with Gasteiger partial charge in [0.2, 0.25) is 0 Å². The van der Waals surface area contributed by atoms with Gasteiger partial charge in [0.05, 0.1) is 12.1 Å². The average Bonchev–Trinajstić information content (AvgIpc) is 2.22. The van der Waals surface area contributed by atoms with Crippen molar-refractivity contribution in [3.63, 3.8) is 0 Å². The van der Waals surface area contributed by atoms with Crippen LogP contribution >= 0.6 is 11.6 Å². The van der Waals surface area contributed by atoms with E-state index in [1.165, 1.54) is 0 Å². The SMILES string of the molecule is COc1cc(C)c(CCCC(=O)O)cc1Cl. The number of hydrogen-bond donors (Lipinski definition) is 1. The Hall–Kier alpha value is -1.22. The quantitative estimate of drug-likeness (QED) is 0.863. The largest absolute Gasteiger partial charge is 0.495 e. The zero-order valence-corrected chi connectivity index (χ0v) is 10.2. The van der Waals surface area contributed by atoms with Gasteiger partial charge in [0.1, 0.15) is 5.75 Å². The summed E-state index contributed by atoms with van der Waals surface area (Å²) in [4.78, 5) is 10.4. The third kappa shape index (κ3) is 3.42. The van der Waals surface area contributed by atoms with Crippen molar-refractivity contribution in [1.29, 1.82) is 0 Å². The van der Waals surface area contributed by atoms with Crippen LogP contribution in [-0.2, 0) is 11.2 Å². The summed E-state index contributed by atoms with van der Waals surface area (Å²) in [6.07, 6.45) is 1.53. The molecule has 0 unspecified atom stereocenters. The van der Waals surface area contributed by atoms with Gasteiger partial charge >= 0.3 is 5.97 Å². The molecule has 0 spiro atoms. The first-order chi connectivity index (χ1) is 7.54. The van der Waals surface area contributed by atoms with E-state index in [9.17, 15) is 4.79 Å². The number of carbonyl (C=O) groups is 1. The fraction of sp³-hybridized carbons (Fsp3) is 0.417. The Bertz CT molecular complexity index is 388. The second-order valence-corrected chi connectivity index (χ2v) is 4.07. The van der Waals surface area contributed by atoms with E-state index >= 15 is 0 Å². The van der Waals surface area contributed by atoms with Crippen LogP contribution in [0.5, 0.6) is 5.75 Å². The Labute approximate surface area is 100.0 Å². The Kier molecular flexibility index (Phi) is 4.62. The zero-order valence-electron chi connectivity index (χ0n) is 9.42. The summed E-state index contributed by atoms with van der Waals surface area (Å²) in [5.41, 5.74) is 2.15. The molecule has 0 saturated heterocycles. The number of hydrogen-bond acceptors (Lipinski definition) is 2. The Balaban J connectivity index is 2.73. The van der Waals surface area contributed by atoms with Crippen LogP contribution in [0.4, 0.5) is 0 Å². The molecule has 0 radical (unpaired) electrons. The second kappa shape index (κ2) is 5.75. The summed E-state index contributed by atoms with van der Waals surface area (Å²) in [7, 11) is 1.57. The van der Waals surface area contributed by atoms with E-state index in [0.29, 0.717) is 17.2 Å². The molecule has 4 heteroatoms. The lowest BCUT2D eigenvalue weighted by Crippen LogP contribution is -1.98. The number of aryl methyl sites for hydroxylation is 2. The van der Waals surface area contributed by atoms with Gasteiger partial charge in [-0.25, -0.2) is 0 Å². The van der Waals surface area contributed by atoms with Crippen LogP contribution in [0.1, 0.15) is 24.0 Å². The highest BCUT2D eigenvalue weighted by Crippen LogP contribution is 2.28. The molecule has 16 heavy (non-hydrogen) atoms. The Morgan fingerprint density at radius 2 is 2.19 bits per heavy atom. The fourth-order valence-electron chi connectivity index (χ4n) is 1.55. The lowest BCUT2D eigenvalue weighted by atomic mass is 10.0. The molecular weight excluding hydrogens is 228 g/mol. The smallest absolute Gasteiger partial charge is 0.303 e. The van der Waals surface area contributed by atoms with Gasteiger partial charge in [-0.1, -0.05) is 11.6 Å². The molecule has 0 bridgehead atoms. The summed E-state index contributed by atoms with van der Waals surface area (Å²) >= 11 is 6.00. The van der Waals surface area contributed by atoms with Crippen molar-refractivity contribution in [1.82, 2.24) is 0 Å². The maximum atomic E-state index is 10.4. The highest BCUT2D eigenvalue weighted by Gasteiger charge is 2.06. The van der Waals surface area contributed by atoms with Gasteiger partial charge in [-0.15, -0.1) is 0 Å². The van der Waals surface area contributed by atoms with Crippen molar-refractivity contribution in [3.8, 4) is 5.75 Å². The normalized spacial score (nSPS) is 10.2. The van der Waals surface area contributed by atoms with Crippen LogP contribution in [-0.4, -0.2) is 18.2 Å². The van der Waals surface area contributed by atoms with E-state index in [-0.39, 0.29) is 6.42 Å². The van der Waals surface area contributed by atoms with Gasteiger partial charge in [-0.2, -0.15) is 0 Å². The topological polar surface area (TPSA) is 46.5 Å². The molecule has 0 aliphatic rings. The molecule has 1 aromatic rings. The minimum Gasteiger partial charge on any atom is -0.495 e. The van der Waals surface area contributed by atoms with E-state index < -0.39 is 5.97 Å². The van der Waals surface area contributed by atoms with Crippen molar-refractivity contribution in [2.45, 2.75) is 26.2 Å². The summed E-state index contributed by atoms with van der Waals surface area (Å²) in [5, 5.41) is 9.12. The van der Waals surface area contributed by atoms with Gasteiger partial charge in [0, 0.05) is 6.42 Å². The van der Waals surface area contributed by atoms with Gasteiger partial charge in [0.15, 0.2) is 0 Å². The average molecular weight is 243 g/mol. The van der Waals surface area contributed by atoms with Crippen molar-refractivity contribution in [2.24, 2.45) is 0 Å². The van der Waals surface area contributed by atoms with E-state index in [0.717, 1.165) is 17.5 Å². The number of halogens is 1. The Morgan fingerprint density at radius 3 is 2.75 bits per heavy atom. The maximum Gasteiger partial charge on any atom is 0.303 e. The van der Waals surface area contributed by atoms with Crippen LogP contribution in [0, 0.1) is 6.92 Å². The summed E-state index contributed by atoms with van der Waals surface area (Å²) < 4.78 is 5.10. The van der Waals surface area contributed by atoms with Crippen molar-refractivity contribution < 1.29 is 14.6 Å². The first-order valence-electron chi connectivity index (χ1n) is 5.09. The number of benzene rings is 1. The van der Waals surface area contributed by atoms with Crippen LogP contribution in [0.25, 0.3) is 0 Å². The number of carboxylic acid groups (broad SMARTS) is 1. The van der Waals surface area contributed by atoms with Crippen molar-refractivity contribution >= 4 is 17.6 Å². The van der Waals surface area contributed by atoms with Crippen molar-refractivity contribution in [3.05, 3.63) is 28.3 Å². The second-order valence-electron chi connectivity index (χ2n) is 3.66. The first kappa shape index (κ1) is 12.8. The maximum absolute atomic E-state index is 10.4. The highest BCUT2D eigenvalue weighted by molar-refractivity contribution is 6.32. The molecule has 1 rings (SSSR count). The molecule has 0 aliphatic heterocycles. The van der Waals surface area contributed by atoms with Crippen LogP contribution in [0.2, 0.25) is 5.02 Å². The van der Waals surface area contributed by atoms with Gasteiger partial charge in [-0.3, -0.25) is 4.79 Å². The van der Waals surface area contributed by atoms with Crippen LogP contribution in [0.3, 0.4) is 0 Å². The number of methoxy groups -OCH3 is 1. The lowest BCUT2D eigenvalue weighted by molar-refractivity contribution is -0.137. The first-order valence-corrected chi connectivity index (χ1v) is 5.47. The predicted octanol–water partition coefficient (Wildman–Crippen LogP) is 3.06. The minimum absolute atomic E-state index is 0.184. The number of rotatable bonds is 5. The van der Waals surface area contributed by atoms with Gasteiger partial charge in [0.25, 0.3) is 0 Å². The molecule has 1 aromatic carbocycles. The molecule has 0 saturated carbocycles. The molecule has 0 atom stereocenters. The molecular formula is C12H15ClO3. The summed E-state index contributed by atoms with van der Waals surface area (Å²) in [6, 6.07) is 3.72. The molecule has 0 fully saturated rings. The fourth-order valence-corrected chi connectivity index (χ4v) is 1.82. The molecule has 0 heterocycles. The van der Waals surface area contributed by atoms with E-state index in [2.05, 4.69) is 0 Å². The summed E-state index contributed by atoms with van der Waals surface area (Å²) in [6.45, 7) is 1.97. The third-order valence-corrected chi connectivity index (χ3v) is 2.74. The highest BCUT2D eigenvalue weighted by atomic mass is 35.5. The molecule has 0 aliphatic carbocycles. The third-order valence-electron chi connectivity index (χ3n) is 2.45. The minimum atomic E-state index is -0.766. The van der Waals surface area contributed by atoms with Crippen LogP contribution < -0.4 is 4.74 Å². The van der Waals surface area contributed by atoms with Gasteiger partial charge in [-0.05, 0) is 43.0 Å². The van der Waals surface area contributed by atoms with Gasteiger partial charge < -0.3 is 9.84 Å². The predicted molar refractivity (Wildman–Crippen MR) is 63.3 cm³/mol. The lowest BCUT2D eigenvalue weighted by Gasteiger charge is -2.09. The number of ether oxygens (including phenoxy) is 1. The summed E-state index contributed by atoms with van der Waals surface area (Å²) in [5.74, 6) is -0.113. The molecule has 3 nitrogen and oxygen atoms in total. The molecule has 0 amide bonds. The molecule has 1 N–H and O–H groups in total. The number of carboxylic acids is 1. The monoisotopic (exact) mass is 242 g/mol. The molecule has 0 aromatic heterocycles. The molecule has 88 valence electrons.